The van der Waals surface area contributed by atoms with E-state index in [4.69, 9.17) is 11.6 Å². The summed E-state index contributed by atoms with van der Waals surface area (Å²) in [7, 11) is 0. The van der Waals surface area contributed by atoms with Crippen molar-refractivity contribution >= 4 is 40.0 Å². The van der Waals surface area contributed by atoms with E-state index in [9.17, 15) is 14.0 Å². The van der Waals surface area contributed by atoms with Crippen molar-refractivity contribution in [3.63, 3.8) is 0 Å². The van der Waals surface area contributed by atoms with Crippen LogP contribution in [0.1, 0.15) is 12.0 Å². The van der Waals surface area contributed by atoms with Gasteiger partial charge in [-0.1, -0.05) is 29.8 Å². The number of rotatable bonds is 5. The first-order valence-electron chi connectivity index (χ1n) is 8.65. The Kier molecular flexibility index (Phi) is 4.68. The molecule has 1 aliphatic heterocycles. The molecule has 0 bridgehead atoms. The number of aromatic amines is 1. The van der Waals surface area contributed by atoms with Crippen molar-refractivity contribution in [2.45, 2.75) is 18.9 Å². The van der Waals surface area contributed by atoms with Gasteiger partial charge in [0.05, 0.1) is 23.2 Å². The Bertz CT molecular complexity index is 1030. The second-order valence-corrected chi connectivity index (χ2v) is 6.89. The van der Waals surface area contributed by atoms with E-state index in [-0.39, 0.29) is 28.9 Å². The van der Waals surface area contributed by atoms with Crippen LogP contribution in [0.25, 0.3) is 10.9 Å². The number of fused-ring (bicyclic) bond motifs is 1. The second kappa shape index (κ2) is 7.13. The first kappa shape index (κ1) is 17.7. The van der Waals surface area contributed by atoms with Gasteiger partial charge < -0.3 is 10.3 Å². The molecule has 0 saturated carbocycles. The molecular weight excluding hydrogens is 369 g/mol. The lowest BCUT2D eigenvalue weighted by molar-refractivity contribution is -0.121. The molecule has 3 aromatic rings. The minimum Gasteiger partial charge on any atom is -0.361 e. The third-order valence-corrected chi connectivity index (χ3v) is 5.06. The fourth-order valence-corrected chi connectivity index (χ4v) is 3.58. The summed E-state index contributed by atoms with van der Waals surface area (Å²) in [4.78, 5) is 29.2. The number of hydrogen-bond acceptors (Lipinski definition) is 3. The molecule has 1 aliphatic rings. The number of amides is 2. The molecule has 2 aromatic carbocycles. The predicted molar refractivity (Wildman–Crippen MR) is 102 cm³/mol. The number of anilines is 1. The summed E-state index contributed by atoms with van der Waals surface area (Å²) in [6.07, 6.45) is 2.76. The quantitative estimate of drug-likeness (QED) is 0.661. The van der Waals surface area contributed by atoms with Gasteiger partial charge in [-0.25, -0.2) is 9.29 Å². The SMILES string of the molecule is O=C1C[C@@H](NCCc2c[nH]c3ccccc23)C(=O)N1c1ccc(F)c(Cl)c1. The maximum absolute atomic E-state index is 13.3. The van der Waals surface area contributed by atoms with Crippen molar-refractivity contribution in [1.29, 1.82) is 0 Å². The topological polar surface area (TPSA) is 65.2 Å². The van der Waals surface area contributed by atoms with Gasteiger partial charge in [0.1, 0.15) is 5.82 Å². The Morgan fingerprint density at radius 2 is 2.04 bits per heavy atom. The molecular formula is C20H17ClFN3O2. The number of H-pyrrole nitrogens is 1. The summed E-state index contributed by atoms with van der Waals surface area (Å²) in [5.41, 5.74) is 2.51. The predicted octanol–water partition coefficient (Wildman–Crippen LogP) is 3.42. The Labute approximate surface area is 160 Å². The largest absolute Gasteiger partial charge is 0.361 e. The highest BCUT2D eigenvalue weighted by Crippen LogP contribution is 2.27. The molecule has 0 aliphatic carbocycles. The number of nitrogens with one attached hydrogen (secondary N) is 2. The monoisotopic (exact) mass is 385 g/mol. The van der Waals surface area contributed by atoms with Gasteiger partial charge in [0.2, 0.25) is 5.91 Å². The number of nitrogens with zero attached hydrogens (tertiary/aromatic N) is 1. The molecule has 2 N–H and O–H groups in total. The molecule has 7 heteroatoms. The van der Waals surface area contributed by atoms with Crippen molar-refractivity contribution < 1.29 is 14.0 Å². The summed E-state index contributed by atoms with van der Waals surface area (Å²) in [6.45, 7) is 0.559. The third-order valence-electron chi connectivity index (χ3n) is 4.77. The maximum atomic E-state index is 13.3. The van der Waals surface area contributed by atoms with Crippen molar-refractivity contribution in [1.82, 2.24) is 10.3 Å². The summed E-state index contributed by atoms with van der Waals surface area (Å²) < 4.78 is 13.3. The molecule has 138 valence electrons. The third kappa shape index (κ3) is 3.34. The van der Waals surface area contributed by atoms with Crippen LogP contribution in [0.3, 0.4) is 0 Å². The van der Waals surface area contributed by atoms with E-state index in [2.05, 4.69) is 10.3 Å². The van der Waals surface area contributed by atoms with E-state index in [1.807, 2.05) is 30.5 Å². The number of halogens is 2. The molecule has 1 saturated heterocycles. The summed E-state index contributed by atoms with van der Waals surface area (Å²) in [5.74, 6) is -1.26. The molecule has 0 spiro atoms. The molecule has 2 heterocycles. The van der Waals surface area contributed by atoms with Crippen LogP contribution in [0.4, 0.5) is 10.1 Å². The van der Waals surface area contributed by atoms with E-state index in [0.29, 0.717) is 6.54 Å². The van der Waals surface area contributed by atoms with Gasteiger partial charge in [-0.3, -0.25) is 9.59 Å². The van der Waals surface area contributed by atoms with Gasteiger partial charge in [0.25, 0.3) is 5.91 Å². The standard InChI is InChI=1S/C20H17ClFN3O2/c21-15-9-13(5-6-16(15)22)25-19(26)10-18(20(25)27)23-8-7-12-11-24-17-4-2-1-3-14(12)17/h1-6,9,11,18,23-24H,7-8,10H2/t18-/m1/s1. The fourth-order valence-electron chi connectivity index (χ4n) is 3.41. The molecule has 0 unspecified atom stereocenters. The lowest BCUT2D eigenvalue weighted by atomic mass is 10.1. The Morgan fingerprint density at radius 3 is 2.85 bits per heavy atom. The highest BCUT2D eigenvalue weighted by molar-refractivity contribution is 6.31. The number of imide groups is 1. The van der Waals surface area contributed by atoms with E-state index < -0.39 is 11.9 Å². The van der Waals surface area contributed by atoms with E-state index >= 15 is 0 Å². The number of carbonyl (C=O) groups excluding carboxylic acids is 2. The Morgan fingerprint density at radius 1 is 1.22 bits per heavy atom. The Balaban J connectivity index is 1.42. The minimum atomic E-state index is -0.591. The molecule has 1 fully saturated rings. The lowest BCUT2D eigenvalue weighted by Gasteiger charge is -2.16. The minimum absolute atomic E-state index is 0.0711. The van der Waals surface area contributed by atoms with E-state index in [1.54, 1.807) is 0 Å². The van der Waals surface area contributed by atoms with Crippen LogP contribution in [0.15, 0.2) is 48.7 Å². The van der Waals surface area contributed by atoms with Crippen molar-refractivity contribution in [2.75, 3.05) is 11.4 Å². The number of para-hydroxylation sites is 1. The molecule has 1 atom stereocenters. The number of hydrogen-bond donors (Lipinski definition) is 2. The first-order chi connectivity index (χ1) is 13.0. The van der Waals surface area contributed by atoms with E-state index in [1.165, 1.54) is 12.1 Å². The zero-order valence-electron chi connectivity index (χ0n) is 14.3. The van der Waals surface area contributed by atoms with Crippen LogP contribution in [-0.2, 0) is 16.0 Å². The lowest BCUT2D eigenvalue weighted by Crippen LogP contribution is -2.39. The van der Waals surface area contributed by atoms with Crippen LogP contribution < -0.4 is 10.2 Å². The van der Waals surface area contributed by atoms with Gasteiger partial charge in [-0.05, 0) is 36.2 Å². The van der Waals surface area contributed by atoms with E-state index in [0.717, 1.165) is 33.9 Å². The van der Waals surface area contributed by atoms with Gasteiger partial charge in [-0.2, -0.15) is 0 Å². The number of aromatic nitrogens is 1. The number of benzene rings is 2. The van der Waals surface area contributed by atoms with Crippen LogP contribution in [0.5, 0.6) is 0 Å². The van der Waals surface area contributed by atoms with Crippen LogP contribution in [0.2, 0.25) is 5.02 Å². The zero-order valence-corrected chi connectivity index (χ0v) is 15.1. The van der Waals surface area contributed by atoms with Gasteiger partial charge >= 0.3 is 0 Å². The van der Waals surface area contributed by atoms with Crippen LogP contribution in [0, 0.1) is 5.82 Å². The fraction of sp³-hybridized carbons (Fsp3) is 0.200. The summed E-state index contributed by atoms with van der Waals surface area (Å²) in [6, 6.07) is 11.2. The highest BCUT2D eigenvalue weighted by Gasteiger charge is 2.39. The van der Waals surface area contributed by atoms with Crippen molar-refractivity contribution in [2.24, 2.45) is 0 Å². The average Bonchev–Trinajstić information content (AvgIpc) is 3.19. The van der Waals surface area contributed by atoms with Crippen LogP contribution >= 0.6 is 11.6 Å². The first-order valence-corrected chi connectivity index (χ1v) is 9.02. The van der Waals surface area contributed by atoms with Crippen molar-refractivity contribution in [3.8, 4) is 0 Å². The second-order valence-electron chi connectivity index (χ2n) is 6.49. The Hall–Kier alpha value is -2.70. The highest BCUT2D eigenvalue weighted by atomic mass is 35.5. The number of carbonyl (C=O) groups is 2. The zero-order chi connectivity index (χ0) is 19.0. The van der Waals surface area contributed by atoms with Crippen LogP contribution in [-0.4, -0.2) is 29.4 Å². The smallest absolute Gasteiger partial charge is 0.251 e. The maximum Gasteiger partial charge on any atom is 0.251 e. The van der Waals surface area contributed by atoms with Crippen molar-refractivity contribution in [3.05, 3.63) is 65.1 Å². The molecule has 4 rings (SSSR count). The van der Waals surface area contributed by atoms with Gasteiger partial charge in [0, 0.05) is 23.6 Å². The molecule has 0 radical (unpaired) electrons. The summed E-state index contributed by atoms with van der Waals surface area (Å²) in [5, 5.41) is 4.18. The molecule has 27 heavy (non-hydrogen) atoms. The summed E-state index contributed by atoms with van der Waals surface area (Å²) >= 11 is 5.77. The molecule has 2 amide bonds. The van der Waals surface area contributed by atoms with Gasteiger partial charge in [0.15, 0.2) is 0 Å². The normalized spacial score (nSPS) is 17.3. The van der Waals surface area contributed by atoms with Gasteiger partial charge in [-0.15, -0.1) is 0 Å². The molecule has 1 aromatic heterocycles. The average molecular weight is 386 g/mol. The molecule has 5 nitrogen and oxygen atoms in total.